The summed E-state index contributed by atoms with van der Waals surface area (Å²) >= 11 is 0. The van der Waals surface area contributed by atoms with E-state index in [4.69, 9.17) is 9.47 Å². The molecule has 1 rings (SSSR count). The molecule has 4 heteroatoms. The lowest BCUT2D eigenvalue weighted by Gasteiger charge is -2.28. The molecule has 16 heavy (non-hydrogen) atoms. The molecule has 94 valence electrons. The smallest absolute Gasteiger partial charge is 0.407 e. The zero-order chi connectivity index (χ0) is 12.6. The number of nitrogens with one attached hydrogen (secondary N) is 1. The summed E-state index contributed by atoms with van der Waals surface area (Å²) in [5.74, 6) is 0.319. The maximum Gasteiger partial charge on any atom is 0.407 e. The summed E-state index contributed by atoms with van der Waals surface area (Å²) in [6.07, 6.45) is -0.372. The summed E-state index contributed by atoms with van der Waals surface area (Å²) in [6, 6.07) is 0.00218. The molecule has 1 N–H and O–H groups in total. The predicted molar refractivity (Wildman–Crippen MR) is 62.4 cm³/mol. The number of epoxide rings is 1. The number of hydrogen-bond donors (Lipinski definition) is 1. The zero-order valence-corrected chi connectivity index (χ0v) is 11.1. The molecule has 1 aliphatic rings. The molecule has 2 atom stereocenters. The number of ether oxygens (including phenoxy) is 2. The number of carbonyl (C=O) groups excluding carboxylic acids is 1. The molecule has 0 radical (unpaired) electrons. The van der Waals surface area contributed by atoms with Crippen molar-refractivity contribution in [3.63, 3.8) is 0 Å². The van der Waals surface area contributed by atoms with E-state index in [9.17, 15) is 4.79 Å². The van der Waals surface area contributed by atoms with Crippen molar-refractivity contribution < 1.29 is 14.3 Å². The summed E-state index contributed by atoms with van der Waals surface area (Å²) in [5, 5.41) is 2.89. The number of amides is 1. The first kappa shape index (κ1) is 13.3. The third-order valence-corrected chi connectivity index (χ3v) is 2.60. The van der Waals surface area contributed by atoms with Gasteiger partial charge in [0.2, 0.25) is 0 Å². The van der Waals surface area contributed by atoms with Gasteiger partial charge in [0.1, 0.15) is 11.2 Å². The van der Waals surface area contributed by atoms with Crippen LogP contribution in [0.25, 0.3) is 0 Å². The third kappa shape index (κ3) is 3.67. The lowest BCUT2D eigenvalue weighted by molar-refractivity contribution is 0.0453. The number of hydrogen-bond acceptors (Lipinski definition) is 3. The minimum atomic E-state index is -0.461. The first-order valence-electron chi connectivity index (χ1n) is 5.77. The van der Waals surface area contributed by atoms with E-state index in [0.717, 1.165) is 0 Å². The lowest BCUT2D eigenvalue weighted by atomic mass is 9.92. The Morgan fingerprint density at radius 3 is 2.25 bits per heavy atom. The van der Waals surface area contributed by atoms with Crippen molar-refractivity contribution in [2.45, 2.75) is 58.8 Å². The number of rotatable bonds is 3. The van der Waals surface area contributed by atoms with E-state index in [1.807, 2.05) is 27.7 Å². The molecule has 0 saturated carbocycles. The van der Waals surface area contributed by atoms with Crippen LogP contribution in [-0.4, -0.2) is 29.9 Å². The van der Waals surface area contributed by atoms with E-state index in [1.54, 1.807) is 0 Å². The van der Waals surface area contributed by atoms with Crippen LogP contribution in [0, 0.1) is 5.92 Å². The van der Waals surface area contributed by atoms with Crippen molar-refractivity contribution in [3.05, 3.63) is 0 Å². The van der Waals surface area contributed by atoms with Gasteiger partial charge < -0.3 is 14.8 Å². The molecule has 1 saturated heterocycles. The second-order valence-electron chi connectivity index (χ2n) is 5.97. The van der Waals surface area contributed by atoms with Gasteiger partial charge in [-0.3, -0.25) is 0 Å². The second kappa shape index (κ2) is 4.24. The molecule has 1 amide bonds. The molecule has 0 bridgehead atoms. The van der Waals surface area contributed by atoms with Crippen LogP contribution >= 0.6 is 0 Å². The average molecular weight is 229 g/mol. The average Bonchev–Trinajstić information content (AvgIpc) is 2.76. The topological polar surface area (TPSA) is 50.9 Å². The Hall–Kier alpha value is -0.770. The van der Waals surface area contributed by atoms with Crippen molar-refractivity contribution in [1.29, 1.82) is 0 Å². The van der Waals surface area contributed by atoms with Gasteiger partial charge >= 0.3 is 6.09 Å². The van der Waals surface area contributed by atoms with Gasteiger partial charge in [-0.15, -0.1) is 0 Å². The first-order chi connectivity index (χ1) is 7.14. The molecular formula is C12H23NO3. The van der Waals surface area contributed by atoms with E-state index in [2.05, 4.69) is 19.2 Å². The Morgan fingerprint density at radius 1 is 1.44 bits per heavy atom. The lowest BCUT2D eigenvalue weighted by Crippen LogP contribution is -2.49. The Kier molecular flexibility index (Phi) is 3.53. The number of carbonyl (C=O) groups is 1. The highest BCUT2D eigenvalue weighted by molar-refractivity contribution is 5.68. The van der Waals surface area contributed by atoms with Gasteiger partial charge in [-0.2, -0.15) is 0 Å². The van der Waals surface area contributed by atoms with Crippen molar-refractivity contribution in [2.75, 3.05) is 6.61 Å². The molecule has 1 aliphatic heterocycles. The minimum Gasteiger partial charge on any atom is -0.444 e. The summed E-state index contributed by atoms with van der Waals surface area (Å²) in [7, 11) is 0. The van der Waals surface area contributed by atoms with Gasteiger partial charge in [-0.25, -0.2) is 4.79 Å². The summed E-state index contributed by atoms with van der Waals surface area (Å²) in [5.41, 5.74) is -0.679. The second-order valence-corrected chi connectivity index (χ2v) is 5.97. The molecule has 0 aromatic heterocycles. The minimum absolute atomic E-state index is 0.00218. The highest BCUT2D eigenvalue weighted by Crippen LogP contribution is 2.33. The fourth-order valence-electron chi connectivity index (χ4n) is 1.75. The monoisotopic (exact) mass is 229 g/mol. The molecule has 0 aliphatic carbocycles. The first-order valence-corrected chi connectivity index (χ1v) is 5.77. The Balaban J connectivity index is 2.53. The highest BCUT2D eigenvalue weighted by Gasteiger charge is 2.49. The summed E-state index contributed by atoms with van der Waals surface area (Å²) in [4.78, 5) is 11.7. The number of alkyl carbamates (subject to hydrolysis) is 1. The van der Waals surface area contributed by atoms with Crippen molar-refractivity contribution in [1.82, 2.24) is 5.32 Å². The van der Waals surface area contributed by atoms with Crippen molar-refractivity contribution >= 4 is 6.09 Å². The molecule has 0 aromatic carbocycles. The van der Waals surface area contributed by atoms with Gasteiger partial charge in [0.15, 0.2) is 0 Å². The Bertz CT molecular complexity index is 264. The van der Waals surface area contributed by atoms with Gasteiger partial charge in [0, 0.05) is 0 Å². The maximum absolute atomic E-state index is 11.7. The van der Waals surface area contributed by atoms with E-state index in [-0.39, 0.29) is 17.7 Å². The van der Waals surface area contributed by atoms with Gasteiger partial charge in [-0.1, -0.05) is 13.8 Å². The molecule has 1 fully saturated rings. The van der Waals surface area contributed by atoms with Gasteiger partial charge in [0.05, 0.1) is 12.6 Å². The van der Waals surface area contributed by atoms with E-state index in [1.165, 1.54) is 0 Å². The van der Waals surface area contributed by atoms with Gasteiger partial charge in [0.25, 0.3) is 0 Å². The standard InChI is InChI=1S/C12H23NO3/c1-8(2)9(12(6)7-15-12)13-10(14)16-11(3,4)5/h8-9H,7H2,1-6H3,(H,13,14)/t9-,12-/m0/s1. The van der Waals surface area contributed by atoms with Crippen LogP contribution in [-0.2, 0) is 9.47 Å². The third-order valence-electron chi connectivity index (χ3n) is 2.60. The molecule has 1 heterocycles. The zero-order valence-electron chi connectivity index (χ0n) is 11.1. The van der Waals surface area contributed by atoms with Crippen LogP contribution in [0.1, 0.15) is 41.5 Å². The normalized spacial score (nSPS) is 26.4. The van der Waals surface area contributed by atoms with Crippen LogP contribution in [0.5, 0.6) is 0 Å². The Morgan fingerprint density at radius 2 is 1.94 bits per heavy atom. The molecular weight excluding hydrogens is 206 g/mol. The summed E-state index contributed by atoms with van der Waals surface area (Å²) in [6.45, 7) is 12.4. The maximum atomic E-state index is 11.7. The predicted octanol–water partition coefficient (Wildman–Crippen LogP) is 2.32. The van der Waals surface area contributed by atoms with E-state index < -0.39 is 5.60 Å². The van der Waals surface area contributed by atoms with Crippen molar-refractivity contribution in [2.24, 2.45) is 5.92 Å². The highest BCUT2D eigenvalue weighted by atomic mass is 16.6. The van der Waals surface area contributed by atoms with Crippen LogP contribution in [0.2, 0.25) is 0 Å². The van der Waals surface area contributed by atoms with Crippen LogP contribution in [0.3, 0.4) is 0 Å². The van der Waals surface area contributed by atoms with Crippen LogP contribution in [0.4, 0.5) is 4.79 Å². The van der Waals surface area contributed by atoms with Crippen LogP contribution < -0.4 is 5.32 Å². The van der Waals surface area contributed by atoms with E-state index >= 15 is 0 Å². The fraction of sp³-hybridized carbons (Fsp3) is 0.917. The Labute approximate surface area is 97.7 Å². The quantitative estimate of drug-likeness (QED) is 0.756. The fourth-order valence-corrected chi connectivity index (χ4v) is 1.75. The molecule has 0 aromatic rings. The molecule has 0 spiro atoms. The SMILES string of the molecule is CC(C)[C@H](NC(=O)OC(C)(C)C)[C@]1(C)CO1. The van der Waals surface area contributed by atoms with Crippen LogP contribution in [0.15, 0.2) is 0 Å². The van der Waals surface area contributed by atoms with Gasteiger partial charge in [-0.05, 0) is 33.6 Å². The molecule has 4 nitrogen and oxygen atoms in total. The van der Waals surface area contributed by atoms with Crippen molar-refractivity contribution in [3.8, 4) is 0 Å². The largest absolute Gasteiger partial charge is 0.444 e. The molecule has 0 unspecified atom stereocenters. The van der Waals surface area contributed by atoms with E-state index in [0.29, 0.717) is 12.5 Å². The summed E-state index contributed by atoms with van der Waals surface area (Å²) < 4.78 is 10.6.